The van der Waals surface area contributed by atoms with Gasteiger partial charge < -0.3 is 15.2 Å². The number of carbonyl (C=O) groups is 1. The van der Waals surface area contributed by atoms with E-state index in [4.69, 9.17) is 10.3 Å². The second-order valence-corrected chi connectivity index (χ2v) is 4.92. The molecule has 1 atom stereocenters. The number of hydrogen-bond acceptors (Lipinski definition) is 4. The highest BCUT2D eigenvalue weighted by atomic mass is 35.5. The van der Waals surface area contributed by atoms with Crippen LogP contribution in [0.25, 0.3) is 0 Å². The van der Waals surface area contributed by atoms with Crippen LogP contribution in [0.1, 0.15) is 17.0 Å². The van der Waals surface area contributed by atoms with Crippen molar-refractivity contribution in [2.24, 2.45) is 5.73 Å². The molecule has 1 heterocycles. The van der Waals surface area contributed by atoms with E-state index in [0.717, 1.165) is 17.0 Å². The first kappa shape index (κ1) is 17.2. The summed E-state index contributed by atoms with van der Waals surface area (Å²) in [6.07, 6.45) is 0.530. The van der Waals surface area contributed by atoms with Gasteiger partial charge in [0.1, 0.15) is 11.5 Å². The molecule has 0 spiro atoms. The van der Waals surface area contributed by atoms with Gasteiger partial charge in [0.05, 0.1) is 12.6 Å². The third-order valence-corrected chi connectivity index (χ3v) is 3.07. The largest absolute Gasteiger partial charge is 0.361 e. The van der Waals surface area contributed by atoms with E-state index in [1.807, 2.05) is 43.3 Å². The van der Waals surface area contributed by atoms with E-state index in [9.17, 15) is 4.79 Å². The molecule has 1 aromatic carbocycles. The van der Waals surface area contributed by atoms with Gasteiger partial charge in [-0.15, -0.1) is 12.4 Å². The van der Waals surface area contributed by atoms with E-state index in [2.05, 4.69) is 5.16 Å². The fraction of sp³-hybridized carbons (Fsp3) is 0.333. The number of nitrogens with two attached hydrogens (primary N) is 1. The number of likely N-dealkylation sites (N-methyl/N-ethyl adjacent to an activating group) is 1. The normalized spacial score (nSPS) is 11.6. The number of aryl methyl sites for hydroxylation is 1. The van der Waals surface area contributed by atoms with Crippen molar-refractivity contribution in [2.45, 2.75) is 25.9 Å². The lowest BCUT2D eigenvalue weighted by Crippen LogP contribution is -2.42. The SMILES string of the molecule is Cc1cc(CN(C)C(=O)[C@@H](N)Cc2ccccc2)no1.Cl. The zero-order valence-electron chi connectivity index (χ0n) is 12.2. The standard InChI is InChI=1S/C15H19N3O2.ClH/c1-11-8-13(17-20-11)10-18(2)15(19)14(16)9-12-6-4-3-5-7-12;/h3-8,14H,9-10,16H2,1-2H3;1H/t14-;/m0./s1. The van der Waals surface area contributed by atoms with E-state index >= 15 is 0 Å². The molecular weight excluding hydrogens is 290 g/mol. The van der Waals surface area contributed by atoms with Crippen molar-refractivity contribution in [3.8, 4) is 0 Å². The molecule has 0 unspecified atom stereocenters. The number of halogens is 1. The zero-order chi connectivity index (χ0) is 14.5. The summed E-state index contributed by atoms with van der Waals surface area (Å²) in [5.74, 6) is 0.629. The number of hydrogen-bond donors (Lipinski definition) is 1. The number of amides is 1. The van der Waals surface area contributed by atoms with E-state index in [0.29, 0.717) is 13.0 Å². The number of carbonyl (C=O) groups excluding carboxylic acids is 1. The quantitative estimate of drug-likeness (QED) is 0.916. The van der Waals surface area contributed by atoms with Gasteiger partial charge in [-0.3, -0.25) is 4.79 Å². The van der Waals surface area contributed by atoms with Gasteiger partial charge in [-0.05, 0) is 18.9 Å². The first-order valence-electron chi connectivity index (χ1n) is 6.53. The molecular formula is C15H20ClN3O2. The Bertz CT molecular complexity index is 571. The van der Waals surface area contributed by atoms with Gasteiger partial charge in [-0.2, -0.15) is 0 Å². The fourth-order valence-electron chi connectivity index (χ4n) is 2.05. The Morgan fingerprint density at radius 2 is 2.05 bits per heavy atom. The van der Waals surface area contributed by atoms with Crippen molar-refractivity contribution in [1.29, 1.82) is 0 Å². The molecule has 2 N–H and O–H groups in total. The first-order valence-corrected chi connectivity index (χ1v) is 6.53. The van der Waals surface area contributed by atoms with Crippen LogP contribution < -0.4 is 5.73 Å². The molecule has 0 radical (unpaired) electrons. The predicted octanol–water partition coefficient (Wildman–Crippen LogP) is 1.93. The molecule has 1 amide bonds. The summed E-state index contributed by atoms with van der Waals surface area (Å²) >= 11 is 0. The molecule has 0 saturated carbocycles. The molecule has 0 aliphatic heterocycles. The smallest absolute Gasteiger partial charge is 0.239 e. The molecule has 0 saturated heterocycles. The molecule has 114 valence electrons. The number of rotatable bonds is 5. The van der Waals surface area contributed by atoms with Crippen LogP contribution in [-0.4, -0.2) is 29.1 Å². The summed E-state index contributed by atoms with van der Waals surface area (Å²) in [6.45, 7) is 2.22. The molecule has 0 aliphatic rings. The van der Waals surface area contributed by atoms with Crippen molar-refractivity contribution in [3.63, 3.8) is 0 Å². The van der Waals surface area contributed by atoms with Crippen molar-refractivity contribution in [3.05, 3.63) is 53.4 Å². The van der Waals surface area contributed by atoms with Crippen LogP contribution in [0.15, 0.2) is 40.9 Å². The summed E-state index contributed by atoms with van der Waals surface area (Å²) in [7, 11) is 1.72. The average Bonchev–Trinajstić information content (AvgIpc) is 2.84. The minimum atomic E-state index is -0.546. The van der Waals surface area contributed by atoms with Gasteiger partial charge in [0.25, 0.3) is 0 Å². The topological polar surface area (TPSA) is 72.4 Å². The van der Waals surface area contributed by atoms with Gasteiger partial charge in [-0.1, -0.05) is 35.5 Å². The summed E-state index contributed by atoms with van der Waals surface area (Å²) < 4.78 is 4.98. The minimum Gasteiger partial charge on any atom is -0.361 e. The fourth-order valence-corrected chi connectivity index (χ4v) is 2.05. The van der Waals surface area contributed by atoms with E-state index < -0.39 is 6.04 Å². The van der Waals surface area contributed by atoms with Crippen molar-refractivity contribution in [2.75, 3.05) is 7.05 Å². The third-order valence-electron chi connectivity index (χ3n) is 3.07. The Hall–Kier alpha value is -1.85. The Labute approximate surface area is 130 Å². The summed E-state index contributed by atoms with van der Waals surface area (Å²) in [5, 5.41) is 3.87. The van der Waals surface area contributed by atoms with Crippen LogP contribution in [-0.2, 0) is 17.8 Å². The van der Waals surface area contributed by atoms with Crippen LogP contribution in [0.5, 0.6) is 0 Å². The highest BCUT2D eigenvalue weighted by molar-refractivity contribution is 5.85. The number of aromatic nitrogens is 1. The lowest BCUT2D eigenvalue weighted by Gasteiger charge is -2.20. The Morgan fingerprint density at radius 3 is 2.62 bits per heavy atom. The van der Waals surface area contributed by atoms with E-state index in [-0.39, 0.29) is 18.3 Å². The van der Waals surface area contributed by atoms with Crippen LogP contribution in [0, 0.1) is 6.92 Å². The molecule has 2 rings (SSSR count). The van der Waals surface area contributed by atoms with Crippen molar-refractivity contribution < 1.29 is 9.32 Å². The van der Waals surface area contributed by atoms with Crippen molar-refractivity contribution in [1.82, 2.24) is 10.1 Å². The average molecular weight is 310 g/mol. The Kier molecular flexibility index (Phi) is 6.39. The molecule has 0 fully saturated rings. The summed E-state index contributed by atoms with van der Waals surface area (Å²) in [4.78, 5) is 13.8. The second-order valence-electron chi connectivity index (χ2n) is 4.92. The Balaban J connectivity index is 0.00000220. The molecule has 21 heavy (non-hydrogen) atoms. The van der Waals surface area contributed by atoms with Crippen molar-refractivity contribution >= 4 is 18.3 Å². The van der Waals surface area contributed by atoms with Gasteiger partial charge in [0.2, 0.25) is 5.91 Å². The van der Waals surface area contributed by atoms with E-state index in [1.165, 1.54) is 0 Å². The number of nitrogens with zero attached hydrogens (tertiary/aromatic N) is 2. The number of benzene rings is 1. The van der Waals surface area contributed by atoms with Gasteiger partial charge in [0, 0.05) is 13.1 Å². The van der Waals surface area contributed by atoms with Crippen LogP contribution in [0.4, 0.5) is 0 Å². The van der Waals surface area contributed by atoms with Crippen LogP contribution in [0.3, 0.4) is 0 Å². The predicted molar refractivity (Wildman–Crippen MR) is 83.1 cm³/mol. The molecule has 1 aromatic heterocycles. The molecule has 5 nitrogen and oxygen atoms in total. The lowest BCUT2D eigenvalue weighted by atomic mass is 10.1. The monoisotopic (exact) mass is 309 g/mol. The maximum Gasteiger partial charge on any atom is 0.239 e. The zero-order valence-corrected chi connectivity index (χ0v) is 13.0. The maximum atomic E-state index is 12.2. The van der Waals surface area contributed by atoms with Crippen LogP contribution in [0.2, 0.25) is 0 Å². The first-order chi connectivity index (χ1) is 9.56. The molecule has 2 aromatic rings. The lowest BCUT2D eigenvalue weighted by molar-refractivity contribution is -0.131. The maximum absolute atomic E-state index is 12.2. The minimum absolute atomic E-state index is 0. The van der Waals surface area contributed by atoms with E-state index in [1.54, 1.807) is 11.9 Å². The molecule has 0 aliphatic carbocycles. The Morgan fingerprint density at radius 1 is 1.38 bits per heavy atom. The molecule has 6 heteroatoms. The summed E-state index contributed by atoms with van der Waals surface area (Å²) in [5.41, 5.74) is 7.76. The highest BCUT2D eigenvalue weighted by Crippen LogP contribution is 2.07. The second kappa shape index (κ2) is 7.81. The van der Waals surface area contributed by atoms with Gasteiger partial charge in [-0.25, -0.2) is 0 Å². The molecule has 0 bridgehead atoms. The third kappa shape index (κ3) is 4.88. The van der Waals surface area contributed by atoms with Gasteiger partial charge >= 0.3 is 0 Å². The van der Waals surface area contributed by atoms with Gasteiger partial charge in [0.15, 0.2) is 0 Å². The van der Waals surface area contributed by atoms with Crippen LogP contribution >= 0.6 is 12.4 Å². The highest BCUT2D eigenvalue weighted by Gasteiger charge is 2.19. The summed E-state index contributed by atoms with van der Waals surface area (Å²) in [6, 6.07) is 11.0.